The van der Waals surface area contributed by atoms with Gasteiger partial charge < -0.3 is 4.42 Å². The molecule has 1 heterocycles. The molecule has 0 saturated heterocycles. The van der Waals surface area contributed by atoms with Crippen LogP contribution in [0, 0.1) is 5.92 Å². The second-order valence-electron chi connectivity index (χ2n) is 5.43. The number of ketones is 1. The van der Waals surface area contributed by atoms with Crippen LogP contribution < -0.4 is 0 Å². The van der Waals surface area contributed by atoms with Gasteiger partial charge in [0, 0.05) is 0 Å². The fraction of sp³-hybridized carbons (Fsp3) is 0.643. The van der Waals surface area contributed by atoms with Crippen LogP contribution in [-0.2, 0) is 0 Å². The zero-order valence-corrected chi connectivity index (χ0v) is 10.9. The van der Waals surface area contributed by atoms with Gasteiger partial charge in [0.1, 0.15) is 0 Å². The third-order valence-corrected chi connectivity index (χ3v) is 4.00. The Hall–Kier alpha value is -1.09. The number of nitrogens with zero attached hydrogens (tertiary/aromatic N) is 1. The summed E-state index contributed by atoms with van der Waals surface area (Å²) in [6.45, 7) is 2.23. The van der Waals surface area contributed by atoms with Crippen molar-refractivity contribution in [2.24, 2.45) is 5.92 Å². The smallest absolute Gasteiger partial charge is 0.218 e. The van der Waals surface area contributed by atoms with E-state index in [0.717, 1.165) is 19.3 Å². The SMILES string of the molecule is CC1CCCC(C(=O)c2ccco2)(N(C)C)C1. The molecule has 2 rings (SSSR count). The standard InChI is InChI=1S/C14H21NO2/c1-11-6-4-8-14(10-11,15(2)3)13(16)12-7-5-9-17-12/h5,7,9,11H,4,6,8,10H2,1-3H3. The van der Waals surface area contributed by atoms with Gasteiger partial charge in [0.05, 0.1) is 11.8 Å². The molecule has 0 amide bonds. The second kappa shape index (κ2) is 4.65. The van der Waals surface area contributed by atoms with E-state index in [1.807, 2.05) is 14.1 Å². The minimum absolute atomic E-state index is 0.138. The molecule has 3 nitrogen and oxygen atoms in total. The molecule has 0 radical (unpaired) electrons. The topological polar surface area (TPSA) is 33.5 Å². The third kappa shape index (κ3) is 2.16. The first kappa shape index (κ1) is 12.4. The maximum absolute atomic E-state index is 12.6. The molecule has 1 aromatic heterocycles. The van der Waals surface area contributed by atoms with Crippen molar-refractivity contribution in [3.63, 3.8) is 0 Å². The van der Waals surface area contributed by atoms with Crippen LogP contribution in [0.15, 0.2) is 22.8 Å². The lowest BCUT2D eigenvalue weighted by Crippen LogP contribution is -2.53. The van der Waals surface area contributed by atoms with Gasteiger partial charge in [-0.15, -0.1) is 0 Å². The van der Waals surface area contributed by atoms with Crippen LogP contribution >= 0.6 is 0 Å². The Morgan fingerprint density at radius 3 is 2.82 bits per heavy atom. The summed E-state index contributed by atoms with van der Waals surface area (Å²) in [5.41, 5.74) is -0.366. The average molecular weight is 235 g/mol. The summed E-state index contributed by atoms with van der Waals surface area (Å²) in [6.07, 6.45) is 5.78. The van der Waals surface area contributed by atoms with Crippen molar-refractivity contribution in [3.05, 3.63) is 24.2 Å². The number of hydrogen-bond donors (Lipinski definition) is 0. The van der Waals surface area contributed by atoms with Gasteiger partial charge in [0.25, 0.3) is 0 Å². The van der Waals surface area contributed by atoms with Crippen LogP contribution in [0.2, 0.25) is 0 Å². The number of Topliss-reactive ketones (excluding diaryl/α,β-unsaturated/α-hetero) is 1. The van der Waals surface area contributed by atoms with E-state index >= 15 is 0 Å². The molecule has 0 bridgehead atoms. The molecule has 0 spiro atoms. The first-order chi connectivity index (χ1) is 8.06. The van der Waals surface area contributed by atoms with Gasteiger partial charge in [-0.3, -0.25) is 9.69 Å². The lowest BCUT2D eigenvalue weighted by Gasteiger charge is -2.43. The van der Waals surface area contributed by atoms with Crippen molar-refractivity contribution in [2.45, 2.75) is 38.1 Å². The maximum Gasteiger partial charge on any atom is 0.218 e. The highest BCUT2D eigenvalue weighted by atomic mass is 16.3. The summed E-state index contributed by atoms with van der Waals surface area (Å²) >= 11 is 0. The summed E-state index contributed by atoms with van der Waals surface area (Å²) in [4.78, 5) is 14.7. The first-order valence-corrected chi connectivity index (χ1v) is 6.32. The number of furan rings is 1. The van der Waals surface area contributed by atoms with Crippen molar-refractivity contribution in [2.75, 3.05) is 14.1 Å². The fourth-order valence-electron chi connectivity index (χ4n) is 2.98. The van der Waals surface area contributed by atoms with Crippen LogP contribution in [0.5, 0.6) is 0 Å². The monoisotopic (exact) mass is 235 g/mol. The Labute approximate surface area is 103 Å². The molecule has 17 heavy (non-hydrogen) atoms. The number of rotatable bonds is 3. The highest BCUT2D eigenvalue weighted by molar-refractivity contribution is 6.01. The van der Waals surface area contributed by atoms with E-state index in [9.17, 15) is 4.79 Å². The predicted molar refractivity (Wildman–Crippen MR) is 67.1 cm³/mol. The summed E-state index contributed by atoms with van der Waals surface area (Å²) in [7, 11) is 4.00. The summed E-state index contributed by atoms with van der Waals surface area (Å²) in [5, 5.41) is 0. The van der Waals surface area contributed by atoms with E-state index in [4.69, 9.17) is 4.42 Å². The van der Waals surface area contributed by atoms with E-state index in [-0.39, 0.29) is 11.3 Å². The lowest BCUT2D eigenvalue weighted by atomic mass is 9.72. The molecule has 1 aliphatic rings. The minimum Gasteiger partial charge on any atom is -0.461 e. The molecule has 1 saturated carbocycles. The Morgan fingerprint density at radius 1 is 1.53 bits per heavy atom. The molecule has 1 aromatic rings. The Bertz CT molecular complexity index is 383. The van der Waals surface area contributed by atoms with Crippen LogP contribution in [0.1, 0.15) is 43.2 Å². The second-order valence-corrected chi connectivity index (χ2v) is 5.43. The largest absolute Gasteiger partial charge is 0.461 e. The van der Waals surface area contributed by atoms with Crippen LogP contribution in [0.25, 0.3) is 0 Å². The quantitative estimate of drug-likeness (QED) is 0.755. The first-order valence-electron chi connectivity index (χ1n) is 6.32. The van der Waals surface area contributed by atoms with E-state index in [1.165, 1.54) is 6.42 Å². The molecule has 0 aromatic carbocycles. The van der Waals surface area contributed by atoms with E-state index in [1.54, 1.807) is 18.4 Å². The molecular weight excluding hydrogens is 214 g/mol. The lowest BCUT2D eigenvalue weighted by molar-refractivity contribution is 0.0458. The Morgan fingerprint density at radius 2 is 2.29 bits per heavy atom. The van der Waals surface area contributed by atoms with Gasteiger partial charge in [0.15, 0.2) is 5.76 Å². The molecule has 1 aliphatic carbocycles. The van der Waals surface area contributed by atoms with Crippen molar-refractivity contribution < 1.29 is 9.21 Å². The van der Waals surface area contributed by atoms with Crippen molar-refractivity contribution >= 4 is 5.78 Å². The molecule has 2 unspecified atom stereocenters. The van der Waals surface area contributed by atoms with Gasteiger partial charge in [-0.1, -0.05) is 19.8 Å². The van der Waals surface area contributed by atoms with Gasteiger partial charge in [0.2, 0.25) is 5.78 Å². The average Bonchev–Trinajstić information content (AvgIpc) is 2.81. The molecule has 1 fully saturated rings. The van der Waals surface area contributed by atoms with Gasteiger partial charge in [-0.05, 0) is 45.0 Å². The van der Waals surface area contributed by atoms with Crippen LogP contribution in [-0.4, -0.2) is 30.3 Å². The molecular formula is C14H21NO2. The molecule has 3 heteroatoms. The van der Waals surface area contributed by atoms with Crippen LogP contribution in [0.4, 0.5) is 0 Å². The number of carbonyl (C=O) groups excluding carboxylic acids is 1. The Balaban J connectivity index is 2.31. The number of hydrogen-bond acceptors (Lipinski definition) is 3. The number of carbonyl (C=O) groups is 1. The maximum atomic E-state index is 12.6. The van der Waals surface area contributed by atoms with Crippen molar-refractivity contribution in [3.8, 4) is 0 Å². The Kier molecular flexibility index (Phi) is 3.38. The highest BCUT2D eigenvalue weighted by Gasteiger charge is 2.44. The van der Waals surface area contributed by atoms with Gasteiger partial charge in [-0.25, -0.2) is 0 Å². The zero-order chi connectivity index (χ0) is 12.5. The minimum atomic E-state index is -0.366. The van der Waals surface area contributed by atoms with Gasteiger partial charge >= 0.3 is 0 Å². The molecule has 94 valence electrons. The fourth-order valence-corrected chi connectivity index (χ4v) is 2.98. The normalized spacial score (nSPS) is 29.5. The molecule has 0 N–H and O–H groups in total. The van der Waals surface area contributed by atoms with Crippen molar-refractivity contribution in [1.82, 2.24) is 4.90 Å². The highest BCUT2D eigenvalue weighted by Crippen LogP contribution is 2.38. The van der Waals surface area contributed by atoms with Crippen molar-refractivity contribution in [1.29, 1.82) is 0 Å². The van der Waals surface area contributed by atoms with E-state index in [2.05, 4.69) is 11.8 Å². The summed E-state index contributed by atoms with van der Waals surface area (Å²) in [5.74, 6) is 1.23. The van der Waals surface area contributed by atoms with Gasteiger partial charge in [-0.2, -0.15) is 0 Å². The summed E-state index contributed by atoms with van der Waals surface area (Å²) in [6, 6.07) is 3.55. The molecule has 0 aliphatic heterocycles. The molecule has 2 atom stereocenters. The zero-order valence-electron chi connectivity index (χ0n) is 10.9. The van der Waals surface area contributed by atoms with Crippen LogP contribution in [0.3, 0.4) is 0 Å². The summed E-state index contributed by atoms with van der Waals surface area (Å²) < 4.78 is 5.28. The number of likely N-dealkylation sites (N-methyl/N-ethyl adjacent to an activating group) is 1. The van der Waals surface area contributed by atoms with E-state index in [0.29, 0.717) is 11.7 Å². The predicted octanol–water partition coefficient (Wildman–Crippen LogP) is 2.97. The third-order valence-electron chi connectivity index (χ3n) is 4.00. The van der Waals surface area contributed by atoms with E-state index < -0.39 is 0 Å².